The highest BCUT2D eigenvalue weighted by atomic mass is 32.2. The molecule has 0 fully saturated rings. The van der Waals surface area contributed by atoms with E-state index >= 15 is 0 Å². The molecule has 1 rings (SSSR count). The van der Waals surface area contributed by atoms with Crippen molar-refractivity contribution < 1.29 is 12.6 Å². The van der Waals surface area contributed by atoms with Gasteiger partial charge in [-0.3, -0.25) is 4.21 Å². The molecule has 0 aliphatic heterocycles. The lowest BCUT2D eigenvalue weighted by Gasteiger charge is -2.11. The zero-order valence-electron chi connectivity index (χ0n) is 11.0. The Labute approximate surface area is 116 Å². The van der Waals surface area contributed by atoms with Crippen LogP contribution in [-0.4, -0.2) is 30.7 Å². The van der Waals surface area contributed by atoms with Gasteiger partial charge in [0, 0.05) is 28.9 Å². The van der Waals surface area contributed by atoms with E-state index in [1.54, 1.807) is 13.8 Å². The van der Waals surface area contributed by atoms with Crippen LogP contribution in [0.2, 0.25) is 0 Å². The second-order valence-electron chi connectivity index (χ2n) is 4.25. The fourth-order valence-corrected chi connectivity index (χ4v) is 3.00. The summed E-state index contributed by atoms with van der Waals surface area (Å²) in [6, 6.07) is 6.30. The summed E-state index contributed by atoms with van der Waals surface area (Å²) in [5.41, 5.74) is 1.06. The van der Waals surface area contributed by atoms with Crippen molar-refractivity contribution in [3.8, 4) is 6.07 Å². The largest absolute Gasteiger partial charge is 0.260 e. The van der Waals surface area contributed by atoms with E-state index in [9.17, 15) is 12.6 Å². The van der Waals surface area contributed by atoms with E-state index < -0.39 is 20.8 Å². The van der Waals surface area contributed by atoms with Gasteiger partial charge in [-0.05, 0) is 37.6 Å². The van der Waals surface area contributed by atoms with Crippen molar-refractivity contribution >= 4 is 20.8 Å². The van der Waals surface area contributed by atoms with Crippen molar-refractivity contribution in [2.75, 3.05) is 12.8 Å². The van der Waals surface area contributed by atoms with Crippen LogP contribution in [0.5, 0.6) is 0 Å². The van der Waals surface area contributed by atoms with E-state index in [2.05, 4.69) is 4.72 Å². The fraction of sp³-hybridized carbons (Fsp3) is 0.417. The Morgan fingerprint density at radius 1 is 1.47 bits per heavy atom. The van der Waals surface area contributed by atoms with Gasteiger partial charge in [-0.25, -0.2) is 13.1 Å². The van der Waals surface area contributed by atoms with Gasteiger partial charge in [0.2, 0.25) is 10.0 Å². The quantitative estimate of drug-likeness (QED) is 0.875. The lowest BCUT2D eigenvalue weighted by atomic mass is 10.1. The number of nitriles is 1. The summed E-state index contributed by atoms with van der Waals surface area (Å²) in [7, 11) is -4.71. The van der Waals surface area contributed by atoms with Crippen molar-refractivity contribution in [1.29, 1.82) is 5.26 Å². The Hall–Kier alpha value is -1.23. The molecule has 0 amide bonds. The van der Waals surface area contributed by atoms with Gasteiger partial charge in [0.1, 0.15) is 0 Å². The molecule has 104 valence electrons. The summed E-state index contributed by atoms with van der Waals surface area (Å²) in [5, 5.41) is 8.55. The molecular weight excluding hydrogens is 284 g/mol. The predicted octanol–water partition coefficient (Wildman–Crippen LogP) is 0.912. The molecule has 2 atom stereocenters. The van der Waals surface area contributed by atoms with E-state index in [4.69, 9.17) is 5.26 Å². The van der Waals surface area contributed by atoms with Crippen LogP contribution in [0.1, 0.15) is 18.1 Å². The summed E-state index contributed by atoms with van der Waals surface area (Å²) in [4.78, 5) is 0.109. The minimum atomic E-state index is -3.63. The lowest BCUT2D eigenvalue weighted by molar-refractivity contribution is 0.580. The second kappa shape index (κ2) is 6.28. The van der Waals surface area contributed by atoms with Gasteiger partial charge in [0.25, 0.3) is 0 Å². The summed E-state index contributed by atoms with van der Waals surface area (Å²) in [6.07, 6.45) is 1.53. The molecule has 0 radical (unpaired) electrons. The maximum Gasteiger partial charge on any atom is 0.240 e. The highest BCUT2D eigenvalue weighted by Crippen LogP contribution is 2.14. The molecule has 19 heavy (non-hydrogen) atoms. The third kappa shape index (κ3) is 4.13. The molecule has 0 spiro atoms. The van der Waals surface area contributed by atoms with Gasteiger partial charge in [-0.1, -0.05) is 0 Å². The number of nitrogens with one attached hydrogen (secondary N) is 1. The van der Waals surface area contributed by atoms with Crippen LogP contribution in [0.25, 0.3) is 0 Å². The SMILES string of the molecule is Cc1cc(S(=O)(=O)NCC(C)S(C)=O)ccc1C#N. The lowest BCUT2D eigenvalue weighted by Crippen LogP contribution is -2.32. The maximum atomic E-state index is 12.0. The number of benzene rings is 1. The predicted molar refractivity (Wildman–Crippen MR) is 74.6 cm³/mol. The van der Waals surface area contributed by atoms with E-state index in [1.807, 2.05) is 6.07 Å². The van der Waals surface area contributed by atoms with Crippen molar-refractivity contribution in [1.82, 2.24) is 4.72 Å². The fourth-order valence-electron chi connectivity index (χ4n) is 1.36. The second-order valence-corrected chi connectivity index (χ2v) is 7.82. The number of sulfonamides is 1. The average molecular weight is 300 g/mol. The van der Waals surface area contributed by atoms with Crippen molar-refractivity contribution in [2.24, 2.45) is 0 Å². The van der Waals surface area contributed by atoms with E-state index in [-0.39, 0.29) is 16.7 Å². The average Bonchev–Trinajstić information content (AvgIpc) is 2.35. The van der Waals surface area contributed by atoms with Crippen LogP contribution in [-0.2, 0) is 20.8 Å². The summed E-state index contributed by atoms with van der Waals surface area (Å²) in [6.45, 7) is 3.51. The number of hydrogen-bond donors (Lipinski definition) is 1. The van der Waals surface area contributed by atoms with Crippen LogP contribution >= 0.6 is 0 Å². The molecule has 0 heterocycles. The Bertz CT molecular complexity index is 633. The van der Waals surface area contributed by atoms with Crippen molar-refractivity contribution in [3.63, 3.8) is 0 Å². The third-order valence-corrected chi connectivity index (χ3v) is 5.48. The zero-order valence-corrected chi connectivity index (χ0v) is 12.6. The Morgan fingerprint density at radius 2 is 2.11 bits per heavy atom. The van der Waals surface area contributed by atoms with Gasteiger partial charge in [-0.15, -0.1) is 0 Å². The molecule has 0 aliphatic carbocycles. The minimum absolute atomic E-state index is 0.109. The molecule has 1 N–H and O–H groups in total. The summed E-state index contributed by atoms with van der Waals surface area (Å²) >= 11 is 0. The smallest absolute Gasteiger partial charge is 0.240 e. The molecule has 0 aliphatic rings. The van der Waals surface area contributed by atoms with Crippen molar-refractivity contribution in [2.45, 2.75) is 24.0 Å². The molecular formula is C12H16N2O3S2. The third-order valence-electron chi connectivity index (χ3n) is 2.76. The van der Waals surface area contributed by atoms with Crippen molar-refractivity contribution in [3.05, 3.63) is 29.3 Å². The van der Waals surface area contributed by atoms with Gasteiger partial charge in [0.15, 0.2) is 0 Å². The van der Waals surface area contributed by atoms with Crippen LogP contribution in [0, 0.1) is 18.3 Å². The minimum Gasteiger partial charge on any atom is -0.260 e. The first kappa shape index (κ1) is 15.8. The number of hydrogen-bond acceptors (Lipinski definition) is 4. The van der Waals surface area contributed by atoms with E-state index in [0.717, 1.165) is 0 Å². The van der Waals surface area contributed by atoms with Crippen LogP contribution in [0.15, 0.2) is 23.1 Å². The Morgan fingerprint density at radius 3 is 2.58 bits per heavy atom. The standard InChI is InChI=1S/C12H16N2O3S2/c1-9-6-12(5-4-11(9)7-13)19(16,17)14-8-10(2)18(3)15/h4-6,10,14H,8H2,1-3H3. The topological polar surface area (TPSA) is 87.0 Å². The van der Waals surface area contributed by atoms with Gasteiger partial charge < -0.3 is 0 Å². The maximum absolute atomic E-state index is 12.0. The molecule has 0 aromatic heterocycles. The summed E-state index contributed by atoms with van der Waals surface area (Å²) in [5.74, 6) is 0. The van der Waals surface area contributed by atoms with Crippen LogP contribution in [0.3, 0.4) is 0 Å². The first-order chi connectivity index (χ1) is 8.77. The Balaban J connectivity index is 2.93. The molecule has 0 bridgehead atoms. The van der Waals surface area contributed by atoms with E-state index in [0.29, 0.717) is 11.1 Å². The molecule has 0 saturated carbocycles. The molecule has 2 unspecified atom stereocenters. The molecule has 0 saturated heterocycles. The molecule has 5 nitrogen and oxygen atoms in total. The van der Waals surface area contributed by atoms with Gasteiger partial charge >= 0.3 is 0 Å². The van der Waals surface area contributed by atoms with E-state index in [1.165, 1.54) is 24.5 Å². The zero-order chi connectivity index (χ0) is 14.6. The summed E-state index contributed by atoms with van der Waals surface area (Å²) < 4.78 is 37.6. The molecule has 7 heteroatoms. The first-order valence-corrected chi connectivity index (χ1v) is 8.71. The normalized spacial score (nSPS) is 14.6. The highest BCUT2D eigenvalue weighted by Gasteiger charge is 2.17. The van der Waals surface area contributed by atoms with Crippen LogP contribution < -0.4 is 4.72 Å². The molecule has 1 aromatic carbocycles. The number of nitrogens with zero attached hydrogens (tertiary/aromatic N) is 1. The Kier molecular flexibility index (Phi) is 5.23. The number of aryl methyl sites for hydroxylation is 1. The van der Waals surface area contributed by atoms with Crippen LogP contribution in [0.4, 0.5) is 0 Å². The number of rotatable bonds is 5. The van der Waals surface area contributed by atoms with Gasteiger partial charge in [0.05, 0.1) is 16.5 Å². The first-order valence-electron chi connectivity index (χ1n) is 5.60. The highest BCUT2D eigenvalue weighted by molar-refractivity contribution is 7.89. The molecule has 1 aromatic rings. The van der Waals surface area contributed by atoms with Gasteiger partial charge in [-0.2, -0.15) is 5.26 Å². The monoisotopic (exact) mass is 300 g/mol.